The van der Waals surface area contributed by atoms with Crippen LogP contribution in [0.5, 0.6) is 0 Å². The Morgan fingerprint density at radius 1 is 0.880 bits per heavy atom. The molecule has 0 aliphatic heterocycles. The maximum atomic E-state index is 11.4. The van der Waals surface area contributed by atoms with E-state index in [-0.39, 0.29) is 34.5 Å². The normalized spacial score (nSPS) is 11.4. The first-order valence-corrected chi connectivity index (χ1v) is 10.4. The van der Waals surface area contributed by atoms with Crippen molar-refractivity contribution in [1.82, 2.24) is 0 Å². The summed E-state index contributed by atoms with van der Waals surface area (Å²) in [6.07, 6.45) is 10.7. The molecule has 0 amide bonds. The van der Waals surface area contributed by atoms with E-state index in [1.807, 2.05) is 24.3 Å². The zero-order valence-electron chi connectivity index (χ0n) is 15.5. The van der Waals surface area contributed by atoms with E-state index in [1.165, 1.54) is 44.6 Å². The van der Waals surface area contributed by atoms with Gasteiger partial charge in [0.25, 0.3) is 0 Å². The number of unbranched alkanes of at least 4 members (excludes halogenated alkanes) is 7. The predicted molar refractivity (Wildman–Crippen MR) is 98.2 cm³/mol. The molecule has 0 aliphatic rings. The molecule has 0 heterocycles. The molecule has 2 aromatic carbocycles. The fraction of sp³-hybridized carbons (Fsp3) is 0.500. The van der Waals surface area contributed by atoms with Gasteiger partial charge in [-0.25, -0.2) is 8.42 Å². The molecular weight excluding hydrogens is 343 g/mol. The molecular formula is C20H27NaO3S. The van der Waals surface area contributed by atoms with Gasteiger partial charge in [-0.2, -0.15) is 0 Å². The largest absolute Gasteiger partial charge is 1.00 e. The molecule has 25 heavy (non-hydrogen) atoms. The minimum atomic E-state index is -4.41. The van der Waals surface area contributed by atoms with E-state index in [0.717, 1.165) is 35.6 Å². The van der Waals surface area contributed by atoms with Gasteiger partial charge in [-0.05, 0) is 41.3 Å². The van der Waals surface area contributed by atoms with Crippen LogP contribution in [0.3, 0.4) is 0 Å². The average molecular weight is 370 g/mol. The van der Waals surface area contributed by atoms with Crippen molar-refractivity contribution in [2.45, 2.75) is 69.6 Å². The van der Waals surface area contributed by atoms with Crippen molar-refractivity contribution in [2.75, 3.05) is 0 Å². The number of aryl methyl sites for hydroxylation is 1. The quantitative estimate of drug-likeness (QED) is 0.367. The molecule has 0 atom stereocenters. The van der Waals surface area contributed by atoms with E-state index in [0.29, 0.717) is 0 Å². The van der Waals surface area contributed by atoms with Crippen molar-refractivity contribution in [3.63, 3.8) is 0 Å². The second kappa shape index (κ2) is 11.3. The SMILES string of the molecule is CCCCCCCCCCc1cc(S(=O)(=O)[O-])cc2ccccc12.[Na+]. The molecule has 2 rings (SSSR count). The number of benzene rings is 2. The standard InChI is InChI=1S/C20H28O3S.Na/c1-2-3-4-5-6-7-8-9-12-17-15-19(24(21,22)23)16-18-13-10-11-14-20(17)18;/h10-11,13-16H,2-9,12H2,1H3,(H,21,22,23);/q;+1/p-1. The zero-order valence-corrected chi connectivity index (χ0v) is 18.3. The van der Waals surface area contributed by atoms with Crippen LogP contribution < -0.4 is 29.6 Å². The Bertz CT molecular complexity index is 757. The van der Waals surface area contributed by atoms with Crippen molar-refractivity contribution in [1.29, 1.82) is 0 Å². The number of hydrogen-bond acceptors (Lipinski definition) is 3. The molecule has 3 nitrogen and oxygen atoms in total. The Morgan fingerprint density at radius 2 is 1.48 bits per heavy atom. The average Bonchev–Trinajstić information content (AvgIpc) is 2.56. The van der Waals surface area contributed by atoms with Crippen molar-refractivity contribution in [2.24, 2.45) is 0 Å². The Labute approximate surface area is 174 Å². The number of hydrogen-bond donors (Lipinski definition) is 0. The summed E-state index contributed by atoms with van der Waals surface area (Å²) >= 11 is 0. The minimum Gasteiger partial charge on any atom is -0.744 e. The maximum Gasteiger partial charge on any atom is 1.00 e. The fourth-order valence-corrected chi connectivity index (χ4v) is 3.72. The van der Waals surface area contributed by atoms with E-state index in [2.05, 4.69) is 6.92 Å². The smallest absolute Gasteiger partial charge is 0.744 e. The first-order chi connectivity index (χ1) is 11.5. The van der Waals surface area contributed by atoms with Crippen molar-refractivity contribution in [3.8, 4) is 0 Å². The summed E-state index contributed by atoms with van der Waals surface area (Å²) in [5.41, 5.74) is 0.966. The maximum absolute atomic E-state index is 11.4. The molecule has 0 radical (unpaired) electrons. The van der Waals surface area contributed by atoms with Crippen LogP contribution >= 0.6 is 0 Å². The summed E-state index contributed by atoms with van der Waals surface area (Å²) in [5.74, 6) is 0. The van der Waals surface area contributed by atoms with Gasteiger partial charge < -0.3 is 4.55 Å². The van der Waals surface area contributed by atoms with Gasteiger partial charge in [0.05, 0.1) is 4.90 Å². The molecule has 0 bridgehead atoms. The second-order valence-corrected chi connectivity index (χ2v) is 7.86. The molecule has 0 aliphatic carbocycles. The third kappa shape index (κ3) is 7.40. The van der Waals surface area contributed by atoms with Crippen molar-refractivity contribution >= 4 is 20.9 Å². The van der Waals surface area contributed by atoms with E-state index in [4.69, 9.17) is 0 Å². The van der Waals surface area contributed by atoms with Crippen LogP contribution in [0, 0.1) is 0 Å². The molecule has 2 aromatic rings. The van der Waals surface area contributed by atoms with Gasteiger partial charge >= 0.3 is 29.6 Å². The minimum absolute atomic E-state index is 0. The van der Waals surface area contributed by atoms with Gasteiger partial charge in [-0.3, -0.25) is 0 Å². The van der Waals surface area contributed by atoms with Crippen LogP contribution in [0.4, 0.5) is 0 Å². The third-order valence-electron chi connectivity index (χ3n) is 4.51. The summed E-state index contributed by atoms with van der Waals surface area (Å²) < 4.78 is 34.1. The Kier molecular flexibility index (Phi) is 10.3. The van der Waals surface area contributed by atoms with Crippen molar-refractivity contribution < 1.29 is 42.5 Å². The first kappa shape index (κ1) is 22.7. The summed E-state index contributed by atoms with van der Waals surface area (Å²) in [6.45, 7) is 2.22. The molecule has 5 heteroatoms. The second-order valence-electron chi connectivity index (χ2n) is 6.48. The topological polar surface area (TPSA) is 57.2 Å². The third-order valence-corrected chi connectivity index (χ3v) is 5.32. The number of fused-ring (bicyclic) bond motifs is 1. The van der Waals surface area contributed by atoms with Crippen molar-refractivity contribution in [3.05, 3.63) is 42.0 Å². The Balaban J connectivity index is 0.00000312. The predicted octanol–water partition coefficient (Wildman–Crippen LogP) is 2.43. The molecule has 0 saturated carbocycles. The van der Waals surface area contributed by atoms with Crippen LogP contribution in [-0.4, -0.2) is 13.0 Å². The molecule has 0 spiro atoms. The van der Waals surface area contributed by atoms with Gasteiger partial charge in [0.15, 0.2) is 0 Å². The fourth-order valence-electron chi connectivity index (χ4n) is 3.16. The van der Waals surface area contributed by atoms with Gasteiger partial charge in [0, 0.05) is 0 Å². The summed E-state index contributed by atoms with van der Waals surface area (Å²) in [6, 6.07) is 10.7. The van der Waals surface area contributed by atoms with Gasteiger partial charge in [0.1, 0.15) is 10.1 Å². The molecule has 0 saturated heterocycles. The Morgan fingerprint density at radius 3 is 2.12 bits per heavy atom. The van der Waals surface area contributed by atoms with E-state index >= 15 is 0 Å². The van der Waals surface area contributed by atoms with Crippen LogP contribution in [-0.2, 0) is 16.5 Å². The van der Waals surface area contributed by atoms with E-state index in [9.17, 15) is 13.0 Å². The van der Waals surface area contributed by atoms with Gasteiger partial charge in [-0.1, -0.05) is 76.1 Å². The van der Waals surface area contributed by atoms with Gasteiger partial charge in [-0.15, -0.1) is 0 Å². The first-order valence-electron chi connectivity index (χ1n) is 9.00. The van der Waals surface area contributed by atoms with E-state index in [1.54, 1.807) is 6.07 Å². The van der Waals surface area contributed by atoms with Crippen LogP contribution in [0.15, 0.2) is 41.3 Å². The van der Waals surface area contributed by atoms with E-state index < -0.39 is 10.1 Å². The molecule has 0 N–H and O–H groups in total. The van der Waals surface area contributed by atoms with Gasteiger partial charge in [0.2, 0.25) is 0 Å². The Hall–Kier alpha value is -0.390. The number of rotatable bonds is 10. The molecule has 132 valence electrons. The summed E-state index contributed by atoms with van der Waals surface area (Å²) in [7, 11) is -4.41. The monoisotopic (exact) mass is 370 g/mol. The van der Waals surface area contributed by atoms with Crippen LogP contribution in [0.2, 0.25) is 0 Å². The zero-order chi connectivity index (χ0) is 17.4. The van der Waals surface area contributed by atoms with Crippen LogP contribution in [0.25, 0.3) is 10.8 Å². The summed E-state index contributed by atoms with van der Waals surface area (Å²) in [4.78, 5) is -0.115. The van der Waals surface area contributed by atoms with Crippen LogP contribution in [0.1, 0.15) is 63.9 Å². The molecule has 0 unspecified atom stereocenters. The molecule has 0 aromatic heterocycles. The molecule has 0 fully saturated rings. The summed E-state index contributed by atoms with van der Waals surface area (Å²) in [5, 5.41) is 1.87.